The zero-order valence-electron chi connectivity index (χ0n) is 21.4. The molecule has 1 aliphatic rings. The van der Waals surface area contributed by atoms with E-state index in [0.29, 0.717) is 6.54 Å². The summed E-state index contributed by atoms with van der Waals surface area (Å²) in [6, 6.07) is 6.21. The lowest BCUT2D eigenvalue weighted by Gasteiger charge is -2.34. The van der Waals surface area contributed by atoms with E-state index in [2.05, 4.69) is 79.1 Å². The summed E-state index contributed by atoms with van der Waals surface area (Å²) >= 11 is 0. The van der Waals surface area contributed by atoms with Crippen molar-refractivity contribution in [3.05, 3.63) is 51.1 Å². The lowest BCUT2D eigenvalue weighted by atomic mass is 10.0. The Kier molecular flexibility index (Phi) is 7.19. The zero-order valence-corrected chi connectivity index (χ0v) is 21.4. The van der Waals surface area contributed by atoms with Crippen LogP contribution in [0.1, 0.15) is 81.9 Å². The topological polar surface area (TPSA) is 88.9 Å². The van der Waals surface area contributed by atoms with Crippen LogP contribution in [0.5, 0.6) is 0 Å². The highest BCUT2D eigenvalue weighted by atomic mass is 16.5. The smallest absolute Gasteiger partial charge is 0.252 e. The number of nitrogens with zero attached hydrogens (tertiary/aromatic N) is 5. The van der Waals surface area contributed by atoms with E-state index in [-0.39, 0.29) is 23.2 Å². The quantitative estimate of drug-likeness (QED) is 0.503. The van der Waals surface area contributed by atoms with Crippen molar-refractivity contribution in [2.24, 2.45) is 0 Å². The minimum Gasteiger partial charge on any atom is -0.377 e. The third-order valence-corrected chi connectivity index (χ3v) is 7.52. The number of hydrogen-bond acceptors (Lipinski definition) is 6. The Morgan fingerprint density at radius 2 is 2.09 bits per heavy atom. The molecule has 0 spiro atoms. The molecule has 1 N–H and O–H groups in total. The third-order valence-electron chi connectivity index (χ3n) is 7.52. The summed E-state index contributed by atoms with van der Waals surface area (Å²) in [7, 11) is 0. The molecule has 8 nitrogen and oxygen atoms in total. The molecular formula is C26H38N6O2. The van der Waals surface area contributed by atoms with Gasteiger partial charge in [-0.15, -0.1) is 5.10 Å². The van der Waals surface area contributed by atoms with Crippen molar-refractivity contribution < 1.29 is 4.74 Å². The Morgan fingerprint density at radius 1 is 1.29 bits per heavy atom. The summed E-state index contributed by atoms with van der Waals surface area (Å²) < 4.78 is 7.95. The second-order valence-corrected chi connectivity index (χ2v) is 10.2. The van der Waals surface area contributed by atoms with Gasteiger partial charge in [0, 0.05) is 25.3 Å². The fraction of sp³-hybridized carbons (Fsp3) is 0.615. The van der Waals surface area contributed by atoms with Gasteiger partial charge in [-0.25, -0.2) is 4.68 Å². The van der Waals surface area contributed by atoms with Gasteiger partial charge >= 0.3 is 0 Å². The average molecular weight is 467 g/mol. The van der Waals surface area contributed by atoms with Gasteiger partial charge < -0.3 is 9.72 Å². The Labute approximate surface area is 201 Å². The van der Waals surface area contributed by atoms with Gasteiger partial charge in [0.15, 0.2) is 5.82 Å². The summed E-state index contributed by atoms with van der Waals surface area (Å²) in [5, 5.41) is 13.9. The van der Waals surface area contributed by atoms with Crippen LogP contribution in [0.25, 0.3) is 10.9 Å². The maximum absolute atomic E-state index is 13.2. The molecule has 34 heavy (non-hydrogen) atoms. The molecule has 0 bridgehead atoms. The number of benzene rings is 1. The summed E-state index contributed by atoms with van der Waals surface area (Å²) in [6.07, 6.45) is 4.00. The number of H-pyrrole nitrogens is 1. The molecule has 0 radical (unpaired) electrons. The molecule has 4 rings (SSSR count). The first-order valence-corrected chi connectivity index (χ1v) is 12.5. The van der Waals surface area contributed by atoms with Crippen LogP contribution in [-0.2, 0) is 16.8 Å². The number of aryl methyl sites for hydroxylation is 2. The SMILES string of the molecule is CC[C@H](c1nnnn1C(C)(C)CC)N(Cc1cc2ccc(C)c(C)c2[nH]c1=O)C[C@H]1CCCO1. The van der Waals surface area contributed by atoms with Gasteiger partial charge in [0.05, 0.1) is 23.2 Å². The van der Waals surface area contributed by atoms with Crippen LogP contribution < -0.4 is 5.56 Å². The number of ether oxygens (including phenoxy) is 1. The van der Waals surface area contributed by atoms with E-state index in [1.807, 2.05) is 10.7 Å². The van der Waals surface area contributed by atoms with Crippen molar-refractivity contribution in [2.45, 2.75) is 91.5 Å². The van der Waals surface area contributed by atoms with E-state index >= 15 is 0 Å². The van der Waals surface area contributed by atoms with E-state index in [1.165, 1.54) is 5.56 Å². The van der Waals surface area contributed by atoms with Gasteiger partial charge in [0.2, 0.25) is 0 Å². The molecule has 184 valence electrons. The van der Waals surface area contributed by atoms with Crippen LogP contribution in [0, 0.1) is 13.8 Å². The van der Waals surface area contributed by atoms with Crippen molar-refractivity contribution in [1.82, 2.24) is 30.1 Å². The lowest BCUT2D eigenvalue weighted by molar-refractivity contribution is 0.0475. The van der Waals surface area contributed by atoms with E-state index < -0.39 is 0 Å². The summed E-state index contributed by atoms with van der Waals surface area (Å²) in [5.74, 6) is 0.844. The molecular weight excluding hydrogens is 428 g/mol. The first-order valence-electron chi connectivity index (χ1n) is 12.5. The second-order valence-electron chi connectivity index (χ2n) is 10.2. The molecule has 2 aromatic heterocycles. The van der Waals surface area contributed by atoms with Gasteiger partial charge in [-0.1, -0.05) is 26.0 Å². The van der Waals surface area contributed by atoms with Crippen molar-refractivity contribution in [3.63, 3.8) is 0 Å². The van der Waals surface area contributed by atoms with Crippen molar-refractivity contribution >= 4 is 10.9 Å². The fourth-order valence-electron chi connectivity index (χ4n) is 4.84. The van der Waals surface area contributed by atoms with E-state index in [0.717, 1.165) is 66.7 Å². The highest BCUT2D eigenvalue weighted by Gasteiger charge is 2.32. The highest BCUT2D eigenvalue weighted by molar-refractivity contribution is 5.83. The molecule has 0 unspecified atom stereocenters. The van der Waals surface area contributed by atoms with Crippen molar-refractivity contribution in [1.29, 1.82) is 0 Å². The van der Waals surface area contributed by atoms with E-state index in [1.54, 1.807) is 0 Å². The third kappa shape index (κ3) is 4.79. The van der Waals surface area contributed by atoms with Crippen molar-refractivity contribution in [3.8, 4) is 0 Å². The standard InChI is InChI=1S/C26H38N6O2/c1-7-22(24-28-29-30-32(24)26(5,6)8-2)31(16-21-10-9-13-34-21)15-20-14-19-12-11-17(3)18(4)23(19)27-25(20)33/h11-12,14,21-22H,7-10,13,15-16H2,1-6H3,(H,27,33)/t21-,22-/m1/s1. The van der Waals surface area contributed by atoms with Crippen LogP contribution in [0.4, 0.5) is 0 Å². The first-order chi connectivity index (χ1) is 16.2. The summed E-state index contributed by atoms with van der Waals surface area (Å²) in [6.45, 7) is 14.8. The summed E-state index contributed by atoms with van der Waals surface area (Å²) in [5.41, 5.74) is 3.72. The number of hydrogen-bond donors (Lipinski definition) is 1. The molecule has 1 saturated heterocycles. The van der Waals surface area contributed by atoms with Crippen LogP contribution >= 0.6 is 0 Å². The van der Waals surface area contributed by atoms with Crippen molar-refractivity contribution in [2.75, 3.05) is 13.2 Å². The summed E-state index contributed by atoms with van der Waals surface area (Å²) in [4.78, 5) is 18.7. The number of aromatic nitrogens is 5. The van der Waals surface area contributed by atoms with Crippen LogP contribution in [0.3, 0.4) is 0 Å². The number of aromatic amines is 1. The van der Waals surface area contributed by atoms with Crippen LogP contribution in [0.15, 0.2) is 23.0 Å². The number of nitrogens with one attached hydrogen (secondary N) is 1. The van der Waals surface area contributed by atoms with Gasteiger partial charge in [-0.3, -0.25) is 9.69 Å². The van der Waals surface area contributed by atoms with Gasteiger partial charge in [-0.05, 0) is 86.4 Å². The minimum absolute atomic E-state index is 0.0279. The van der Waals surface area contributed by atoms with E-state index in [4.69, 9.17) is 4.74 Å². The molecule has 0 saturated carbocycles. The van der Waals surface area contributed by atoms with Gasteiger partial charge in [-0.2, -0.15) is 0 Å². The molecule has 2 atom stereocenters. The molecule has 0 aliphatic carbocycles. The van der Waals surface area contributed by atoms with Gasteiger partial charge in [0.1, 0.15) is 0 Å². The lowest BCUT2D eigenvalue weighted by Crippen LogP contribution is -2.39. The molecule has 1 fully saturated rings. The van der Waals surface area contributed by atoms with Gasteiger partial charge in [0.25, 0.3) is 5.56 Å². The highest BCUT2D eigenvalue weighted by Crippen LogP contribution is 2.30. The normalized spacial score (nSPS) is 17.7. The predicted octanol–water partition coefficient (Wildman–Crippen LogP) is 4.41. The van der Waals surface area contributed by atoms with E-state index in [9.17, 15) is 4.79 Å². The van der Waals surface area contributed by atoms with Crippen LogP contribution in [0.2, 0.25) is 0 Å². The second kappa shape index (κ2) is 9.96. The molecule has 3 heterocycles. The minimum atomic E-state index is -0.197. The predicted molar refractivity (Wildman–Crippen MR) is 134 cm³/mol. The largest absolute Gasteiger partial charge is 0.377 e. The molecule has 8 heteroatoms. The maximum atomic E-state index is 13.2. The van der Waals surface area contributed by atoms with Crippen LogP contribution in [-0.4, -0.2) is 49.3 Å². The fourth-order valence-corrected chi connectivity index (χ4v) is 4.84. The maximum Gasteiger partial charge on any atom is 0.252 e. The average Bonchev–Trinajstić information content (AvgIpc) is 3.51. The molecule has 3 aromatic rings. The number of pyridine rings is 1. The Hall–Kier alpha value is -2.58. The zero-order chi connectivity index (χ0) is 24.5. The first kappa shape index (κ1) is 24.5. The molecule has 1 aromatic carbocycles. The number of rotatable bonds is 9. The Morgan fingerprint density at radius 3 is 2.76 bits per heavy atom. The number of fused-ring (bicyclic) bond motifs is 1. The molecule has 1 aliphatic heterocycles. The molecule has 0 amide bonds. The number of tetrazole rings is 1. The Balaban J connectivity index is 1.73. The monoisotopic (exact) mass is 466 g/mol. The Bertz CT molecular complexity index is 1190.